The number of halogens is 1. The highest BCUT2D eigenvalue weighted by atomic mass is 79.9. The molecule has 2 aromatic rings. The van der Waals surface area contributed by atoms with Crippen LogP contribution in [0.4, 0.5) is 0 Å². The van der Waals surface area contributed by atoms with Gasteiger partial charge in [0.1, 0.15) is 12.5 Å². The predicted octanol–water partition coefficient (Wildman–Crippen LogP) is 3.12. The van der Waals surface area contributed by atoms with Crippen molar-refractivity contribution in [2.75, 3.05) is 6.61 Å². The molecule has 0 unspecified atom stereocenters. The lowest BCUT2D eigenvalue weighted by molar-refractivity contribution is -0.123. The maximum absolute atomic E-state index is 12.7. The molecule has 0 radical (unpaired) electrons. The van der Waals surface area contributed by atoms with E-state index >= 15 is 0 Å². The van der Waals surface area contributed by atoms with Gasteiger partial charge in [0.15, 0.2) is 0 Å². The molecular weight excluding hydrogens is 344 g/mol. The van der Waals surface area contributed by atoms with Crippen LogP contribution in [0.25, 0.3) is 0 Å². The van der Waals surface area contributed by atoms with Crippen LogP contribution in [-0.4, -0.2) is 17.5 Å². The average molecular weight is 359 g/mol. The van der Waals surface area contributed by atoms with Crippen LogP contribution < -0.4 is 10.1 Å². The van der Waals surface area contributed by atoms with Crippen molar-refractivity contribution in [2.45, 2.75) is 24.8 Å². The third-order valence-corrected chi connectivity index (χ3v) is 5.08. The SMILES string of the molecule is O=C(N[C@H]1CCc2cccc(Br)c21)[C@H]1COc2ncccc21. The zero-order chi connectivity index (χ0) is 15.1. The lowest BCUT2D eigenvalue weighted by atomic mass is 10.0. The fourth-order valence-electron chi connectivity index (χ4n) is 3.31. The summed E-state index contributed by atoms with van der Waals surface area (Å²) in [5.74, 6) is 0.325. The zero-order valence-corrected chi connectivity index (χ0v) is 13.5. The fraction of sp³-hybridized carbons (Fsp3) is 0.294. The molecule has 1 aromatic carbocycles. The van der Waals surface area contributed by atoms with Crippen LogP contribution in [0, 0.1) is 0 Å². The summed E-state index contributed by atoms with van der Waals surface area (Å²) in [7, 11) is 0. The van der Waals surface area contributed by atoms with Crippen molar-refractivity contribution < 1.29 is 9.53 Å². The molecule has 0 saturated carbocycles. The number of rotatable bonds is 2. The highest BCUT2D eigenvalue weighted by Gasteiger charge is 2.34. The normalized spacial score (nSPS) is 21.9. The van der Waals surface area contributed by atoms with Crippen LogP contribution in [0.5, 0.6) is 5.88 Å². The first-order valence-electron chi connectivity index (χ1n) is 7.39. The summed E-state index contributed by atoms with van der Waals surface area (Å²) in [6, 6.07) is 10.0. The predicted molar refractivity (Wildman–Crippen MR) is 85.8 cm³/mol. The Morgan fingerprint density at radius 3 is 3.14 bits per heavy atom. The number of nitrogens with one attached hydrogen (secondary N) is 1. The maximum atomic E-state index is 12.7. The Hall–Kier alpha value is -1.88. The van der Waals surface area contributed by atoms with Crippen molar-refractivity contribution in [2.24, 2.45) is 0 Å². The van der Waals surface area contributed by atoms with E-state index in [-0.39, 0.29) is 17.9 Å². The van der Waals surface area contributed by atoms with Crippen molar-refractivity contribution in [3.8, 4) is 5.88 Å². The minimum Gasteiger partial charge on any atom is -0.476 e. The van der Waals surface area contributed by atoms with Gasteiger partial charge in [0, 0.05) is 16.2 Å². The van der Waals surface area contributed by atoms with E-state index in [2.05, 4.69) is 32.3 Å². The lowest BCUT2D eigenvalue weighted by Crippen LogP contribution is -2.32. The van der Waals surface area contributed by atoms with Gasteiger partial charge in [-0.05, 0) is 36.1 Å². The van der Waals surface area contributed by atoms with E-state index in [9.17, 15) is 4.79 Å². The van der Waals surface area contributed by atoms with Crippen LogP contribution >= 0.6 is 15.9 Å². The third-order valence-electron chi connectivity index (χ3n) is 4.39. The number of aromatic nitrogens is 1. The number of amides is 1. The first-order valence-corrected chi connectivity index (χ1v) is 8.18. The minimum atomic E-state index is -0.268. The molecule has 1 aliphatic heterocycles. The standard InChI is InChI=1S/C17H15BrN2O2/c18-13-5-1-3-10-6-7-14(15(10)13)20-16(21)12-9-22-17-11(12)4-2-8-19-17/h1-5,8,12,14H,6-7,9H2,(H,20,21)/t12-,14-/m0/s1. The molecule has 0 bridgehead atoms. The Morgan fingerprint density at radius 2 is 2.23 bits per heavy atom. The molecule has 1 amide bonds. The number of fused-ring (bicyclic) bond motifs is 2. The number of ether oxygens (including phenoxy) is 1. The van der Waals surface area contributed by atoms with Gasteiger partial charge in [0.2, 0.25) is 11.8 Å². The van der Waals surface area contributed by atoms with Crippen molar-refractivity contribution >= 4 is 21.8 Å². The summed E-state index contributed by atoms with van der Waals surface area (Å²) in [6.45, 7) is 0.369. The van der Waals surface area contributed by atoms with Crippen LogP contribution in [0.3, 0.4) is 0 Å². The second-order valence-corrected chi connectivity index (χ2v) is 6.53. The number of hydrogen-bond acceptors (Lipinski definition) is 3. The van der Waals surface area contributed by atoms with E-state index < -0.39 is 0 Å². The van der Waals surface area contributed by atoms with Crippen molar-refractivity contribution in [1.82, 2.24) is 10.3 Å². The first-order chi connectivity index (χ1) is 10.7. The Kier molecular flexibility index (Phi) is 3.37. The number of hydrogen-bond donors (Lipinski definition) is 1. The number of benzene rings is 1. The van der Waals surface area contributed by atoms with Gasteiger partial charge >= 0.3 is 0 Å². The van der Waals surface area contributed by atoms with Crippen LogP contribution in [0.2, 0.25) is 0 Å². The molecule has 4 rings (SSSR count). The number of nitrogens with zero attached hydrogens (tertiary/aromatic N) is 1. The van der Waals surface area contributed by atoms with Crippen molar-refractivity contribution in [3.05, 3.63) is 57.7 Å². The summed E-state index contributed by atoms with van der Waals surface area (Å²) in [5.41, 5.74) is 3.40. The number of pyridine rings is 1. The maximum Gasteiger partial charge on any atom is 0.231 e. The Bertz CT molecular complexity index is 747. The van der Waals surface area contributed by atoms with E-state index in [1.165, 1.54) is 11.1 Å². The van der Waals surface area contributed by atoms with E-state index in [1.807, 2.05) is 24.3 Å². The fourth-order valence-corrected chi connectivity index (χ4v) is 3.99. The number of aryl methyl sites for hydroxylation is 1. The van der Waals surface area contributed by atoms with Crippen LogP contribution in [0.15, 0.2) is 41.0 Å². The van der Waals surface area contributed by atoms with Gasteiger partial charge in [-0.2, -0.15) is 0 Å². The molecule has 1 N–H and O–H groups in total. The minimum absolute atomic E-state index is 0.0142. The number of carbonyl (C=O) groups is 1. The Morgan fingerprint density at radius 1 is 1.32 bits per heavy atom. The molecule has 1 aromatic heterocycles. The summed E-state index contributed by atoms with van der Waals surface area (Å²) < 4.78 is 6.58. The van der Waals surface area contributed by atoms with Crippen molar-refractivity contribution in [3.63, 3.8) is 0 Å². The van der Waals surface area contributed by atoms with Crippen molar-refractivity contribution in [1.29, 1.82) is 0 Å². The van der Waals surface area contributed by atoms with Gasteiger partial charge in [-0.1, -0.05) is 34.1 Å². The molecule has 0 fully saturated rings. The smallest absolute Gasteiger partial charge is 0.231 e. The summed E-state index contributed by atoms with van der Waals surface area (Å²) >= 11 is 3.60. The summed E-state index contributed by atoms with van der Waals surface area (Å²) in [5, 5.41) is 3.18. The summed E-state index contributed by atoms with van der Waals surface area (Å²) in [6.07, 6.45) is 3.62. The number of carbonyl (C=O) groups excluding carboxylic acids is 1. The molecule has 0 spiro atoms. The van der Waals surface area contributed by atoms with E-state index in [4.69, 9.17) is 4.74 Å². The quantitative estimate of drug-likeness (QED) is 0.897. The highest BCUT2D eigenvalue weighted by Crippen LogP contribution is 2.38. The zero-order valence-electron chi connectivity index (χ0n) is 11.9. The molecule has 112 valence electrons. The van der Waals surface area contributed by atoms with Gasteiger partial charge < -0.3 is 10.1 Å². The first kappa shape index (κ1) is 13.8. The second-order valence-electron chi connectivity index (χ2n) is 5.67. The second kappa shape index (κ2) is 5.39. The molecule has 5 heteroatoms. The van der Waals surface area contributed by atoms with E-state index in [0.717, 1.165) is 22.9 Å². The average Bonchev–Trinajstić information content (AvgIpc) is 3.12. The molecule has 2 heterocycles. The van der Waals surface area contributed by atoms with E-state index in [0.29, 0.717) is 12.5 Å². The van der Waals surface area contributed by atoms with E-state index in [1.54, 1.807) is 6.20 Å². The molecular formula is C17H15BrN2O2. The Balaban J connectivity index is 1.56. The van der Waals surface area contributed by atoms with Gasteiger partial charge in [-0.25, -0.2) is 4.98 Å². The third kappa shape index (κ3) is 2.20. The molecule has 0 saturated heterocycles. The van der Waals surface area contributed by atoms with Gasteiger partial charge in [-0.3, -0.25) is 4.79 Å². The van der Waals surface area contributed by atoms with Crippen LogP contribution in [0.1, 0.15) is 35.1 Å². The summed E-state index contributed by atoms with van der Waals surface area (Å²) in [4.78, 5) is 16.8. The monoisotopic (exact) mass is 358 g/mol. The molecule has 22 heavy (non-hydrogen) atoms. The molecule has 4 nitrogen and oxygen atoms in total. The molecule has 1 aliphatic carbocycles. The topological polar surface area (TPSA) is 51.2 Å². The molecule has 2 aliphatic rings. The highest BCUT2D eigenvalue weighted by molar-refractivity contribution is 9.10. The van der Waals surface area contributed by atoms with Gasteiger partial charge in [0.25, 0.3) is 0 Å². The molecule has 2 atom stereocenters. The largest absolute Gasteiger partial charge is 0.476 e. The van der Waals surface area contributed by atoms with Crippen LogP contribution in [-0.2, 0) is 11.2 Å². The van der Waals surface area contributed by atoms with Gasteiger partial charge in [0.05, 0.1) is 6.04 Å². The van der Waals surface area contributed by atoms with Gasteiger partial charge in [-0.15, -0.1) is 0 Å². The Labute approximate surface area is 137 Å². The lowest BCUT2D eigenvalue weighted by Gasteiger charge is -2.18.